The van der Waals surface area contributed by atoms with E-state index < -0.39 is 0 Å². The van der Waals surface area contributed by atoms with Crippen molar-refractivity contribution in [2.75, 3.05) is 12.3 Å². The Labute approximate surface area is 158 Å². The fourth-order valence-electron chi connectivity index (χ4n) is 4.44. The monoisotopic (exact) mass is 368 g/mol. The molecule has 142 valence electrons. The lowest BCUT2D eigenvalue weighted by atomic mass is 9.92. The largest absolute Gasteiger partial charge is 0.368 e. The van der Waals surface area contributed by atoms with E-state index in [-0.39, 0.29) is 29.6 Å². The SMILES string of the molecule is Nc1ncc(-c2ccccc2F)c([C@@H]2CCCCN2C(=O)C2CCCC2)n1. The molecule has 2 heterocycles. The Morgan fingerprint density at radius 3 is 2.59 bits per heavy atom. The van der Waals surface area contributed by atoms with Crippen LogP contribution in [-0.2, 0) is 4.79 Å². The molecule has 2 aliphatic rings. The average Bonchev–Trinajstić information content (AvgIpc) is 3.23. The number of amides is 1. The minimum absolute atomic E-state index is 0.113. The maximum atomic E-state index is 14.5. The van der Waals surface area contributed by atoms with E-state index in [9.17, 15) is 9.18 Å². The van der Waals surface area contributed by atoms with Gasteiger partial charge >= 0.3 is 0 Å². The molecule has 27 heavy (non-hydrogen) atoms. The summed E-state index contributed by atoms with van der Waals surface area (Å²) in [6.07, 6.45) is 8.58. The zero-order valence-corrected chi connectivity index (χ0v) is 15.4. The number of anilines is 1. The van der Waals surface area contributed by atoms with Gasteiger partial charge < -0.3 is 10.6 Å². The normalized spacial score (nSPS) is 20.8. The highest BCUT2D eigenvalue weighted by molar-refractivity contribution is 5.80. The number of benzene rings is 1. The van der Waals surface area contributed by atoms with E-state index in [1.165, 1.54) is 6.07 Å². The topological polar surface area (TPSA) is 72.1 Å². The summed E-state index contributed by atoms with van der Waals surface area (Å²) in [6.45, 7) is 0.723. The van der Waals surface area contributed by atoms with Gasteiger partial charge in [-0.25, -0.2) is 14.4 Å². The van der Waals surface area contributed by atoms with Gasteiger partial charge in [-0.05, 0) is 38.2 Å². The summed E-state index contributed by atoms with van der Waals surface area (Å²) in [5, 5.41) is 0. The van der Waals surface area contributed by atoms with E-state index in [4.69, 9.17) is 5.73 Å². The van der Waals surface area contributed by atoms with Crippen LogP contribution < -0.4 is 5.73 Å². The highest BCUT2D eigenvalue weighted by Crippen LogP contribution is 2.39. The summed E-state index contributed by atoms with van der Waals surface area (Å²) in [6, 6.07) is 6.43. The van der Waals surface area contributed by atoms with Crippen LogP contribution in [0.3, 0.4) is 0 Å². The van der Waals surface area contributed by atoms with Crippen LogP contribution in [0.5, 0.6) is 0 Å². The summed E-state index contributed by atoms with van der Waals surface area (Å²) in [7, 11) is 0. The molecule has 4 rings (SSSR count). The molecule has 2 fully saturated rings. The summed E-state index contributed by atoms with van der Waals surface area (Å²) >= 11 is 0. The first-order valence-corrected chi connectivity index (χ1v) is 9.83. The van der Waals surface area contributed by atoms with Crippen molar-refractivity contribution in [2.24, 2.45) is 5.92 Å². The Hall–Kier alpha value is -2.50. The molecule has 1 saturated carbocycles. The van der Waals surface area contributed by atoms with Crippen LogP contribution >= 0.6 is 0 Å². The number of carbonyl (C=O) groups excluding carboxylic acids is 1. The molecule has 0 bridgehead atoms. The van der Waals surface area contributed by atoms with Crippen molar-refractivity contribution in [3.05, 3.63) is 42.0 Å². The molecule has 1 aromatic carbocycles. The quantitative estimate of drug-likeness (QED) is 0.885. The van der Waals surface area contributed by atoms with E-state index in [0.717, 1.165) is 51.5 Å². The Morgan fingerprint density at radius 2 is 1.81 bits per heavy atom. The van der Waals surface area contributed by atoms with Gasteiger partial charge in [0.05, 0.1) is 11.7 Å². The zero-order valence-electron chi connectivity index (χ0n) is 15.4. The molecule has 0 spiro atoms. The number of nitrogen functional groups attached to an aromatic ring is 1. The number of hydrogen-bond donors (Lipinski definition) is 1. The van der Waals surface area contributed by atoms with Gasteiger partial charge in [0.2, 0.25) is 11.9 Å². The minimum Gasteiger partial charge on any atom is -0.368 e. The molecule has 0 radical (unpaired) electrons. The number of nitrogens with two attached hydrogens (primary N) is 1. The van der Waals surface area contributed by atoms with E-state index in [0.29, 0.717) is 16.8 Å². The number of nitrogens with zero attached hydrogens (tertiary/aromatic N) is 3. The van der Waals surface area contributed by atoms with Crippen molar-refractivity contribution in [1.29, 1.82) is 0 Å². The summed E-state index contributed by atoms with van der Waals surface area (Å²) in [5.74, 6) is 0.163. The van der Waals surface area contributed by atoms with Gasteiger partial charge in [0.15, 0.2) is 0 Å². The van der Waals surface area contributed by atoms with Crippen LogP contribution in [0.15, 0.2) is 30.5 Å². The smallest absolute Gasteiger partial charge is 0.226 e. The van der Waals surface area contributed by atoms with E-state index in [1.54, 1.807) is 24.4 Å². The fourth-order valence-corrected chi connectivity index (χ4v) is 4.44. The van der Waals surface area contributed by atoms with Crippen molar-refractivity contribution >= 4 is 11.9 Å². The predicted octanol–water partition coefficient (Wildman–Crippen LogP) is 4.11. The lowest BCUT2D eigenvalue weighted by molar-refractivity contribution is -0.139. The fraction of sp³-hybridized carbons (Fsp3) is 0.476. The first-order valence-electron chi connectivity index (χ1n) is 9.83. The molecule has 1 aliphatic heterocycles. The second kappa shape index (κ2) is 7.62. The summed E-state index contributed by atoms with van der Waals surface area (Å²) in [5.41, 5.74) is 7.61. The van der Waals surface area contributed by atoms with Gasteiger partial charge in [-0.3, -0.25) is 4.79 Å². The molecule has 1 amide bonds. The number of aromatic nitrogens is 2. The highest BCUT2D eigenvalue weighted by atomic mass is 19.1. The maximum Gasteiger partial charge on any atom is 0.226 e. The number of carbonyl (C=O) groups is 1. The average molecular weight is 368 g/mol. The second-order valence-corrected chi connectivity index (χ2v) is 7.53. The third-order valence-electron chi connectivity index (χ3n) is 5.81. The third kappa shape index (κ3) is 3.53. The molecule has 1 saturated heterocycles. The molecule has 6 heteroatoms. The Balaban J connectivity index is 1.75. The van der Waals surface area contributed by atoms with Crippen LogP contribution in [0.25, 0.3) is 11.1 Å². The number of hydrogen-bond acceptors (Lipinski definition) is 4. The molecule has 5 nitrogen and oxygen atoms in total. The Morgan fingerprint density at radius 1 is 1.07 bits per heavy atom. The Bertz CT molecular complexity index is 835. The van der Waals surface area contributed by atoms with E-state index in [1.807, 2.05) is 4.90 Å². The van der Waals surface area contributed by atoms with Crippen molar-refractivity contribution in [1.82, 2.24) is 14.9 Å². The van der Waals surface area contributed by atoms with Gasteiger partial charge in [0.25, 0.3) is 0 Å². The molecule has 1 aromatic heterocycles. The number of likely N-dealkylation sites (tertiary alicyclic amines) is 1. The first kappa shape index (κ1) is 17.9. The molecular formula is C21H25FN4O. The predicted molar refractivity (Wildman–Crippen MR) is 102 cm³/mol. The summed E-state index contributed by atoms with van der Waals surface area (Å²) < 4.78 is 14.5. The van der Waals surface area contributed by atoms with Crippen molar-refractivity contribution < 1.29 is 9.18 Å². The van der Waals surface area contributed by atoms with Gasteiger partial charge in [0.1, 0.15) is 5.82 Å². The van der Waals surface area contributed by atoms with Crippen molar-refractivity contribution in [3.63, 3.8) is 0 Å². The number of halogens is 1. The van der Waals surface area contributed by atoms with E-state index >= 15 is 0 Å². The first-order chi connectivity index (χ1) is 13.1. The van der Waals surface area contributed by atoms with Crippen LogP contribution in [-0.4, -0.2) is 27.3 Å². The maximum absolute atomic E-state index is 14.5. The van der Waals surface area contributed by atoms with Crippen molar-refractivity contribution in [3.8, 4) is 11.1 Å². The van der Waals surface area contributed by atoms with E-state index in [2.05, 4.69) is 9.97 Å². The second-order valence-electron chi connectivity index (χ2n) is 7.53. The third-order valence-corrected chi connectivity index (χ3v) is 5.81. The van der Waals surface area contributed by atoms with Gasteiger partial charge in [0, 0.05) is 29.8 Å². The van der Waals surface area contributed by atoms with Crippen LogP contribution in [0, 0.1) is 11.7 Å². The molecule has 2 N–H and O–H groups in total. The molecular weight excluding hydrogens is 343 g/mol. The summed E-state index contributed by atoms with van der Waals surface area (Å²) in [4.78, 5) is 23.7. The van der Waals surface area contributed by atoms with Crippen molar-refractivity contribution in [2.45, 2.75) is 51.0 Å². The minimum atomic E-state index is -0.323. The van der Waals surface area contributed by atoms with Gasteiger partial charge in [-0.2, -0.15) is 0 Å². The van der Waals surface area contributed by atoms with Crippen LogP contribution in [0.4, 0.5) is 10.3 Å². The highest BCUT2D eigenvalue weighted by Gasteiger charge is 2.35. The lowest BCUT2D eigenvalue weighted by Crippen LogP contribution is -2.42. The molecule has 1 atom stereocenters. The molecule has 0 unspecified atom stereocenters. The zero-order chi connectivity index (χ0) is 18.8. The molecule has 2 aromatic rings. The van der Waals surface area contributed by atoms with Crippen LogP contribution in [0.2, 0.25) is 0 Å². The van der Waals surface area contributed by atoms with Gasteiger partial charge in [-0.15, -0.1) is 0 Å². The number of piperidine rings is 1. The van der Waals surface area contributed by atoms with Gasteiger partial charge in [-0.1, -0.05) is 31.0 Å². The number of rotatable bonds is 3. The lowest BCUT2D eigenvalue weighted by Gasteiger charge is -2.37. The standard InChI is InChI=1S/C21H25FN4O/c22-17-10-4-3-9-15(17)16-13-24-21(23)25-19(16)18-11-5-6-12-26(18)20(27)14-7-1-2-8-14/h3-4,9-10,13-14,18H,1-2,5-8,11-12H2,(H2,23,24,25)/t18-/m0/s1. The van der Waals surface area contributed by atoms with Crippen LogP contribution in [0.1, 0.15) is 56.7 Å². The molecule has 1 aliphatic carbocycles. The Kier molecular flexibility index (Phi) is 5.05.